The van der Waals surface area contributed by atoms with Crippen molar-refractivity contribution in [1.82, 2.24) is 5.32 Å². The molecule has 0 heterocycles. The largest absolute Gasteiger partial charge is 0.395 e. The van der Waals surface area contributed by atoms with Gasteiger partial charge in [0.15, 0.2) is 0 Å². The Labute approximate surface area is 134 Å². The number of benzene rings is 2. The SMILES string of the molecule is C[C@H](c1ccccc1)[C@H](CO)NCc1ccc([S@](C)=O)cc1. The fourth-order valence-corrected chi connectivity index (χ4v) is 2.96. The summed E-state index contributed by atoms with van der Waals surface area (Å²) in [7, 11) is -0.944. The fourth-order valence-electron chi connectivity index (χ4n) is 2.44. The maximum Gasteiger partial charge on any atom is 0.0590 e. The van der Waals surface area contributed by atoms with E-state index in [-0.39, 0.29) is 18.6 Å². The Morgan fingerprint density at radius 3 is 2.27 bits per heavy atom. The Morgan fingerprint density at radius 1 is 1.09 bits per heavy atom. The number of nitrogens with one attached hydrogen (secondary N) is 1. The lowest BCUT2D eigenvalue weighted by molar-refractivity contribution is 0.225. The first kappa shape index (κ1) is 16.9. The van der Waals surface area contributed by atoms with Crippen LogP contribution in [0.3, 0.4) is 0 Å². The third-order valence-electron chi connectivity index (χ3n) is 3.95. The number of aliphatic hydroxyl groups excluding tert-OH is 1. The van der Waals surface area contributed by atoms with Gasteiger partial charge in [0, 0.05) is 34.5 Å². The van der Waals surface area contributed by atoms with Crippen molar-refractivity contribution in [2.75, 3.05) is 12.9 Å². The smallest absolute Gasteiger partial charge is 0.0590 e. The molecule has 2 N–H and O–H groups in total. The zero-order chi connectivity index (χ0) is 15.9. The summed E-state index contributed by atoms with van der Waals surface area (Å²) in [5.41, 5.74) is 2.33. The standard InChI is InChI=1S/C18H23NO2S/c1-14(16-6-4-3-5-7-16)18(13-20)19-12-15-8-10-17(11-9-15)22(2)21/h3-11,14,18-20H,12-13H2,1-2H3/t14-,18+,22+/m1/s1. The summed E-state index contributed by atoms with van der Waals surface area (Å²) in [6.07, 6.45) is 1.68. The van der Waals surface area contributed by atoms with Gasteiger partial charge in [-0.2, -0.15) is 0 Å². The van der Waals surface area contributed by atoms with Crippen molar-refractivity contribution in [2.45, 2.75) is 30.3 Å². The van der Waals surface area contributed by atoms with Crippen LogP contribution in [0, 0.1) is 0 Å². The number of hydrogen-bond acceptors (Lipinski definition) is 3. The van der Waals surface area contributed by atoms with Crippen LogP contribution in [0.1, 0.15) is 24.0 Å². The van der Waals surface area contributed by atoms with Crippen LogP contribution in [0.5, 0.6) is 0 Å². The predicted molar refractivity (Wildman–Crippen MR) is 91.3 cm³/mol. The van der Waals surface area contributed by atoms with Crippen LogP contribution in [0.25, 0.3) is 0 Å². The Hall–Kier alpha value is -1.49. The van der Waals surface area contributed by atoms with E-state index in [1.807, 2.05) is 42.5 Å². The number of hydrogen-bond donors (Lipinski definition) is 2. The molecule has 0 aliphatic rings. The summed E-state index contributed by atoms with van der Waals surface area (Å²) in [5, 5.41) is 13.1. The van der Waals surface area contributed by atoms with Gasteiger partial charge in [0.2, 0.25) is 0 Å². The van der Waals surface area contributed by atoms with Crippen LogP contribution in [0.2, 0.25) is 0 Å². The molecule has 0 unspecified atom stereocenters. The normalized spacial score (nSPS) is 15.2. The summed E-state index contributed by atoms with van der Waals surface area (Å²) in [5.74, 6) is 0.230. The summed E-state index contributed by atoms with van der Waals surface area (Å²) in [6.45, 7) is 2.89. The third-order valence-corrected chi connectivity index (χ3v) is 4.89. The van der Waals surface area contributed by atoms with Crippen molar-refractivity contribution >= 4 is 10.8 Å². The van der Waals surface area contributed by atoms with E-state index in [4.69, 9.17) is 0 Å². The van der Waals surface area contributed by atoms with Crippen LogP contribution in [-0.4, -0.2) is 28.2 Å². The molecule has 0 aromatic heterocycles. The lowest BCUT2D eigenvalue weighted by Crippen LogP contribution is -2.36. The second kappa shape index (κ2) is 8.22. The molecule has 118 valence electrons. The Balaban J connectivity index is 1.97. The lowest BCUT2D eigenvalue weighted by atomic mass is 9.93. The van der Waals surface area contributed by atoms with Crippen LogP contribution in [0.15, 0.2) is 59.5 Å². The van der Waals surface area contributed by atoms with Gasteiger partial charge >= 0.3 is 0 Å². The van der Waals surface area contributed by atoms with E-state index in [1.54, 1.807) is 6.26 Å². The molecule has 0 bridgehead atoms. The van der Waals surface area contributed by atoms with Crippen LogP contribution >= 0.6 is 0 Å². The molecule has 0 aliphatic heterocycles. The molecule has 3 atom stereocenters. The van der Waals surface area contributed by atoms with E-state index >= 15 is 0 Å². The predicted octanol–water partition coefficient (Wildman–Crippen LogP) is 2.68. The maximum absolute atomic E-state index is 11.4. The Morgan fingerprint density at radius 2 is 1.73 bits per heavy atom. The topological polar surface area (TPSA) is 49.3 Å². The molecule has 4 heteroatoms. The molecular formula is C18H23NO2S. The van der Waals surface area contributed by atoms with E-state index in [1.165, 1.54) is 5.56 Å². The van der Waals surface area contributed by atoms with Crippen molar-refractivity contribution in [3.8, 4) is 0 Å². The average Bonchev–Trinajstić information content (AvgIpc) is 2.56. The molecule has 0 amide bonds. The van der Waals surface area contributed by atoms with Crippen molar-refractivity contribution in [1.29, 1.82) is 0 Å². The van der Waals surface area contributed by atoms with Gasteiger partial charge in [-0.15, -0.1) is 0 Å². The van der Waals surface area contributed by atoms with Crippen LogP contribution in [-0.2, 0) is 17.3 Å². The van der Waals surface area contributed by atoms with Gasteiger partial charge in [-0.1, -0.05) is 49.4 Å². The fraction of sp³-hybridized carbons (Fsp3) is 0.333. The van der Waals surface area contributed by atoms with Crippen molar-refractivity contribution in [3.63, 3.8) is 0 Å². The first-order valence-corrected chi connectivity index (χ1v) is 8.99. The highest BCUT2D eigenvalue weighted by Crippen LogP contribution is 2.19. The quantitative estimate of drug-likeness (QED) is 0.825. The second-order valence-electron chi connectivity index (χ2n) is 5.47. The molecule has 0 saturated heterocycles. The maximum atomic E-state index is 11.4. The van der Waals surface area contributed by atoms with Gasteiger partial charge in [-0.05, 0) is 29.2 Å². The van der Waals surface area contributed by atoms with Crippen molar-refractivity contribution in [3.05, 3.63) is 65.7 Å². The van der Waals surface area contributed by atoms with Gasteiger partial charge in [0.25, 0.3) is 0 Å². The van der Waals surface area contributed by atoms with Gasteiger partial charge in [-0.3, -0.25) is 4.21 Å². The zero-order valence-electron chi connectivity index (χ0n) is 13.0. The summed E-state index contributed by atoms with van der Waals surface area (Å²) < 4.78 is 11.4. The van der Waals surface area contributed by atoms with Gasteiger partial charge in [0.05, 0.1) is 6.61 Å². The van der Waals surface area contributed by atoms with Gasteiger partial charge in [-0.25, -0.2) is 0 Å². The zero-order valence-corrected chi connectivity index (χ0v) is 13.8. The minimum atomic E-state index is -0.944. The molecule has 0 aliphatic carbocycles. The highest BCUT2D eigenvalue weighted by molar-refractivity contribution is 7.84. The minimum absolute atomic E-state index is 0.00221. The summed E-state index contributed by atoms with van der Waals surface area (Å²) in [6, 6.07) is 17.9. The summed E-state index contributed by atoms with van der Waals surface area (Å²) in [4.78, 5) is 0.833. The van der Waals surface area contributed by atoms with E-state index in [0.717, 1.165) is 10.5 Å². The molecule has 2 rings (SSSR count). The molecule has 2 aromatic rings. The first-order valence-electron chi connectivity index (χ1n) is 7.43. The summed E-state index contributed by atoms with van der Waals surface area (Å²) >= 11 is 0. The molecular weight excluding hydrogens is 294 g/mol. The van der Waals surface area contributed by atoms with Crippen LogP contribution in [0.4, 0.5) is 0 Å². The minimum Gasteiger partial charge on any atom is -0.395 e. The number of aliphatic hydroxyl groups is 1. The molecule has 2 aromatic carbocycles. The average molecular weight is 317 g/mol. The van der Waals surface area contributed by atoms with Crippen molar-refractivity contribution in [2.24, 2.45) is 0 Å². The molecule has 0 radical (unpaired) electrons. The van der Waals surface area contributed by atoms with E-state index < -0.39 is 10.8 Å². The first-order chi connectivity index (χ1) is 10.6. The van der Waals surface area contributed by atoms with Crippen LogP contribution < -0.4 is 5.32 Å². The highest BCUT2D eigenvalue weighted by atomic mass is 32.2. The monoisotopic (exact) mass is 317 g/mol. The highest BCUT2D eigenvalue weighted by Gasteiger charge is 2.17. The Kier molecular flexibility index (Phi) is 6.31. The van der Waals surface area contributed by atoms with Gasteiger partial charge < -0.3 is 10.4 Å². The molecule has 0 saturated carbocycles. The third kappa shape index (κ3) is 4.50. The van der Waals surface area contributed by atoms with E-state index in [0.29, 0.717) is 6.54 Å². The van der Waals surface area contributed by atoms with Crippen molar-refractivity contribution < 1.29 is 9.32 Å². The van der Waals surface area contributed by atoms with E-state index in [9.17, 15) is 9.32 Å². The van der Waals surface area contributed by atoms with E-state index in [2.05, 4.69) is 24.4 Å². The number of rotatable bonds is 7. The molecule has 0 fully saturated rings. The van der Waals surface area contributed by atoms with Gasteiger partial charge in [0.1, 0.15) is 0 Å². The second-order valence-corrected chi connectivity index (χ2v) is 6.85. The molecule has 22 heavy (non-hydrogen) atoms. The Bertz CT molecular complexity index is 598. The lowest BCUT2D eigenvalue weighted by Gasteiger charge is -2.24. The molecule has 0 spiro atoms. The molecule has 3 nitrogen and oxygen atoms in total.